The molecule has 1 N–H and O–H groups in total. The Kier molecular flexibility index (Phi) is 10.1. The van der Waals surface area contributed by atoms with Crippen LogP contribution in [0.25, 0.3) is 10.9 Å². The van der Waals surface area contributed by atoms with Crippen molar-refractivity contribution in [3.8, 4) is 17.4 Å². The SMILES string of the molecule is C=[N+]([O-])c1ncc(COc2cnc3cc(N4CCOCC4)nc(OC4CCC(Nc5ncc(OCCN(C)C)cn5)CC4)c3c2)n1C. The zero-order chi connectivity index (χ0) is 32.8. The number of imidazole rings is 1. The second kappa shape index (κ2) is 14.8. The van der Waals surface area contributed by atoms with Crippen molar-refractivity contribution in [3.05, 3.63) is 47.8 Å². The lowest BCUT2D eigenvalue weighted by atomic mass is 9.93. The van der Waals surface area contributed by atoms with Crippen molar-refractivity contribution in [2.45, 2.75) is 44.4 Å². The minimum atomic E-state index is -0.00721. The molecule has 0 atom stereocenters. The van der Waals surface area contributed by atoms with Gasteiger partial charge in [-0.15, -0.1) is 0 Å². The Labute approximate surface area is 273 Å². The second-order valence-corrected chi connectivity index (χ2v) is 12.0. The van der Waals surface area contributed by atoms with E-state index in [0.717, 1.165) is 67.7 Å². The molecule has 0 radical (unpaired) electrons. The van der Waals surface area contributed by atoms with Gasteiger partial charge < -0.3 is 39.3 Å². The molecule has 0 spiro atoms. The number of rotatable bonds is 13. The number of morpholine rings is 1. The van der Waals surface area contributed by atoms with E-state index in [-0.39, 0.29) is 24.7 Å². The molecule has 15 heteroatoms. The molecule has 1 saturated carbocycles. The maximum Gasteiger partial charge on any atom is 0.398 e. The van der Waals surface area contributed by atoms with Crippen LogP contribution in [0.1, 0.15) is 31.4 Å². The molecule has 47 heavy (non-hydrogen) atoms. The number of anilines is 2. The van der Waals surface area contributed by atoms with E-state index in [9.17, 15) is 5.21 Å². The molecule has 0 unspecified atom stereocenters. The minimum absolute atomic E-state index is 0.00721. The summed E-state index contributed by atoms with van der Waals surface area (Å²) in [7, 11) is 5.76. The highest BCUT2D eigenvalue weighted by Gasteiger charge is 2.25. The summed E-state index contributed by atoms with van der Waals surface area (Å²) in [6.07, 6.45) is 10.2. The molecule has 2 fully saturated rings. The molecular weight excluding hydrogens is 604 g/mol. The molecule has 6 rings (SSSR count). The van der Waals surface area contributed by atoms with Crippen LogP contribution in [0.5, 0.6) is 17.4 Å². The van der Waals surface area contributed by atoms with E-state index in [1.54, 1.807) is 36.4 Å². The van der Waals surface area contributed by atoms with Gasteiger partial charge in [-0.3, -0.25) is 9.72 Å². The highest BCUT2D eigenvalue weighted by molar-refractivity contribution is 5.87. The Morgan fingerprint density at radius 1 is 1.00 bits per heavy atom. The average Bonchev–Trinajstić information content (AvgIpc) is 3.46. The number of aromatic nitrogens is 6. The summed E-state index contributed by atoms with van der Waals surface area (Å²) in [6.45, 7) is 7.79. The molecule has 1 aliphatic carbocycles. The number of hydrogen-bond acceptors (Lipinski definition) is 13. The van der Waals surface area contributed by atoms with Crippen LogP contribution < -0.4 is 24.4 Å². The minimum Gasteiger partial charge on any atom is -0.741 e. The largest absolute Gasteiger partial charge is 0.741 e. The summed E-state index contributed by atoms with van der Waals surface area (Å²) in [5.41, 5.74) is 1.49. The first-order valence-electron chi connectivity index (χ1n) is 15.9. The first-order valence-corrected chi connectivity index (χ1v) is 15.9. The number of nitrogens with one attached hydrogen (secondary N) is 1. The predicted octanol–water partition coefficient (Wildman–Crippen LogP) is 3.15. The molecular formula is C32H42N10O5. The van der Waals surface area contributed by atoms with Crippen LogP contribution in [0.3, 0.4) is 0 Å². The van der Waals surface area contributed by atoms with Gasteiger partial charge in [0.1, 0.15) is 37.1 Å². The number of fused-ring (bicyclic) bond motifs is 1. The van der Waals surface area contributed by atoms with Gasteiger partial charge in [0.2, 0.25) is 11.8 Å². The molecule has 0 bridgehead atoms. The zero-order valence-electron chi connectivity index (χ0n) is 27.2. The van der Waals surface area contributed by atoms with Crippen molar-refractivity contribution in [1.82, 2.24) is 34.4 Å². The van der Waals surface area contributed by atoms with Crippen LogP contribution in [-0.4, -0.2) is 112 Å². The van der Waals surface area contributed by atoms with Crippen LogP contribution in [0.15, 0.2) is 36.9 Å². The number of nitrogens with zero attached hydrogens (tertiary/aromatic N) is 9. The Balaban J connectivity index is 1.12. The number of ether oxygens (including phenoxy) is 4. The molecule has 5 heterocycles. The molecule has 2 aliphatic rings. The van der Waals surface area contributed by atoms with Gasteiger partial charge in [-0.2, -0.15) is 4.98 Å². The van der Waals surface area contributed by atoms with Crippen molar-refractivity contribution in [2.75, 3.05) is 63.8 Å². The third-order valence-corrected chi connectivity index (χ3v) is 8.33. The molecule has 15 nitrogen and oxygen atoms in total. The monoisotopic (exact) mass is 646 g/mol. The van der Waals surface area contributed by atoms with E-state index in [0.29, 0.717) is 47.9 Å². The topological polar surface area (TPSA) is 151 Å². The van der Waals surface area contributed by atoms with Crippen molar-refractivity contribution in [1.29, 1.82) is 0 Å². The smallest absolute Gasteiger partial charge is 0.398 e. The maximum atomic E-state index is 11.6. The van der Waals surface area contributed by atoms with Crippen LogP contribution >= 0.6 is 0 Å². The summed E-state index contributed by atoms with van der Waals surface area (Å²) in [5, 5.41) is 15.9. The predicted molar refractivity (Wildman–Crippen MR) is 177 cm³/mol. The molecule has 0 amide bonds. The quantitative estimate of drug-likeness (QED) is 0.0981. The number of likely N-dealkylation sites (N-methyl/N-ethyl adjacent to an activating group) is 1. The van der Waals surface area contributed by atoms with Crippen LogP contribution in [-0.2, 0) is 18.4 Å². The van der Waals surface area contributed by atoms with Crippen LogP contribution in [0.2, 0.25) is 0 Å². The molecule has 1 aliphatic heterocycles. The fourth-order valence-electron chi connectivity index (χ4n) is 5.62. The fourth-order valence-corrected chi connectivity index (χ4v) is 5.62. The molecule has 4 aromatic heterocycles. The Morgan fingerprint density at radius 2 is 1.74 bits per heavy atom. The first kappa shape index (κ1) is 32.2. The van der Waals surface area contributed by atoms with Crippen molar-refractivity contribution in [2.24, 2.45) is 7.05 Å². The van der Waals surface area contributed by atoms with Crippen molar-refractivity contribution in [3.63, 3.8) is 0 Å². The first-order chi connectivity index (χ1) is 22.8. The van der Waals surface area contributed by atoms with E-state index < -0.39 is 0 Å². The van der Waals surface area contributed by atoms with Crippen LogP contribution in [0.4, 0.5) is 17.7 Å². The third kappa shape index (κ3) is 8.16. The van der Waals surface area contributed by atoms with Gasteiger partial charge in [-0.05, 0) is 45.8 Å². The summed E-state index contributed by atoms with van der Waals surface area (Å²) >= 11 is 0. The lowest BCUT2D eigenvalue weighted by molar-refractivity contribution is -0.362. The standard InChI is InChI=1S/C32H42N10O5/c1-39(2)9-14-45-26-19-34-31(35-20-26)37-22-5-7-24(8-6-22)47-30-27-15-25(46-21-23-17-36-32(40(23)3)41(4)43)18-33-28(27)16-29(38-30)42-10-12-44-13-11-42/h15-20,22,24H,4-14,21H2,1-3H3,(H,34,35,37). The van der Waals surface area contributed by atoms with Gasteiger partial charge in [0.15, 0.2) is 11.4 Å². The maximum absolute atomic E-state index is 11.6. The Bertz CT molecular complexity index is 1650. The van der Waals surface area contributed by atoms with E-state index in [2.05, 4.69) is 36.8 Å². The lowest BCUT2D eigenvalue weighted by Crippen LogP contribution is -2.37. The van der Waals surface area contributed by atoms with Crippen LogP contribution in [0, 0.1) is 5.21 Å². The highest BCUT2D eigenvalue weighted by atomic mass is 16.5. The van der Waals surface area contributed by atoms with Gasteiger partial charge in [-0.25, -0.2) is 14.5 Å². The molecule has 250 valence electrons. The van der Waals surface area contributed by atoms with Gasteiger partial charge in [-0.1, -0.05) is 4.98 Å². The van der Waals surface area contributed by atoms with E-state index in [1.807, 2.05) is 26.2 Å². The van der Waals surface area contributed by atoms with E-state index in [1.165, 1.54) is 0 Å². The lowest BCUT2D eigenvalue weighted by Gasteiger charge is -2.31. The van der Waals surface area contributed by atoms with Crippen molar-refractivity contribution < 1.29 is 23.7 Å². The van der Waals surface area contributed by atoms with E-state index >= 15 is 0 Å². The molecule has 1 saturated heterocycles. The third-order valence-electron chi connectivity index (χ3n) is 8.33. The summed E-state index contributed by atoms with van der Waals surface area (Å²) < 4.78 is 26.1. The van der Waals surface area contributed by atoms with Gasteiger partial charge in [0.25, 0.3) is 0 Å². The normalized spacial score (nSPS) is 18.3. The highest BCUT2D eigenvalue weighted by Crippen LogP contribution is 2.33. The van der Waals surface area contributed by atoms with Crippen molar-refractivity contribution >= 4 is 35.3 Å². The average molecular weight is 647 g/mol. The summed E-state index contributed by atoms with van der Waals surface area (Å²) in [5.74, 6) is 3.36. The Morgan fingerprint density at radius 3 is 2.45 bits per heavy atom. The molecule has 4 aromatic rings. The van der Waals surface area contributed by atoms with Gasteiger partial charge in [0.05, 0.1) is 49.8 Å². The fraction of sp³-hybridized carbons (Fsp3) is 0.500. The zero-order valence-corrected chi connectivity index (χ0v) is 27.2. The number of pyridine rings is 2. The summed E-state index contributed by atoms with van der Waals surface area (Å²) in [6, 6.07) is 4.14. The van der Waals surface area contributed by atoms with Gasteiger partial charge >= 0.3 is 5.95 Å². The molecule has 0 aromatic carbocycles. The Hall–Kier alpha value is -4.76. The number of hydrogen-bond donors (Lipinski definition) is 1. The second-order valence-electron chi connectivity index (χ2n) is 12.0. The van der Waals surface area contributed by atoms with Gasteiger partial charge in [0, 0.05) is 38.5 Å². The summed E-state index contributed by atoms with van der Waals surface area (Å²) in [4.78, 5) is 27.0. The van der Waals surface area contributed by atoms with E-state index in [4.69, 9.17) is 28.9 Å².